The van der Waals surface area contributed by atoms with Gasteiger partial charge in [-0.2, -0.15) is 0 Å². The first-order chi connectivity index (χ1) is 24.2. The highest BCUT2D eigenvalue weighted by atomic mass is 31.2. The summed E-state index contributed by atoms with van der Waals surface area (Å²) in [7, 11) is -4.61. The molecule has 0 amide bonds. The van der Waals surface area contributed by atoms with E-state index in [1.807, 2.05) is 0 Å². The zero-order valence-corrected chi connectivity index (χ0v) is 32.8. The van der Waals surface area contributed by atoms with Crippen LogP contribution in [0.15, 0.2) is 12.2 Å². The van der Waals surface area contributed by atoms with Crippen LogP contribution >= 0.6 is 7.82 Å². The molecule has 0 aliphatic heterocycles. The van der Waals surface area contributed by atoms with Crippen molar-refractivity contribution < 1.29 is 47.8 Å². The molecule has 296 valence electrons. The topological polar surface area (TPSA) is 149 Å². The van der Waals surface area contributed by atoms with Gasteiger partial charge in [0.1, 0.15) is 12.7 Å². The Morgan fingerprint density at radius 1 is 0.580 bits per heavy atom. The van der Waals surface area contributed by atoms with E-state index in [9.17, 15) is 24.2 Å². The van der Waals surface area contributed by atoms with Crippen molar-refractivity contribution in [3.05, 3.63) is 12.2 Å². The average molecular weight is 735 g/mol. The van der Waals surface area contributed by atoms with Crippen LogP contribution in [0.5, 0.6) is 0 Å². The maximum atomic E-state index is 12.6. The van der Waals surface area contributed by atoms with E-state index in [1.165, 1.54) is 89.9 Å². The van der Waals surface area contributed by atoms with E-state index in [4.69, 9.17) is 19.1 Å². The summed E-state index contributed by atoms with van der Waals surface area (Å²) in [6.45, 7) is 2.36. The van der Waals surface area contributed by atoms with Gasteiger partial charge >= 0.3 is 19.8 Å². The van der Waals surface area contributed by atoms with Crippen LogP contribution in [0.1, 0.15) is 187 Å². The van der Waals surface area contributed by atoms with Gasteiger partial charge in [0.15, 0.2) is 6.10 Å². The van der Waals surface area contributed by atoms with Gasteiger partial charge in [0.25, 0.3) is 0 Å². The summed E-state index contributed by atoms with van der Waals surface area (Å²) in [6.07, 6.45) is 31.7. The number of aliphatic hydroxyl groups excluding tert-OH is 2. The number of hydrogen-bond acceptors (Lipinski definition) is 9. The van der Waals surface area contributed by atoms with Gasteiger partial charge in [-0.3, -0.25) is 18.6 Å². The molecule has 0 aliphatic rings. The van der Waals surface area contributed by atoms with Crippen LogP contribution in [0.3, 0.4) is 0 Å². The van der Waals surface area contributed by atoms with E-state index in [2.05, 4.69) is 30.5 Å². The highest BCUT2D eigenvalue weighted by Gasteiger charge is 2.27. The lowest BCUT2D eigenvalue weighted by Crippen LogP contribution is -2.29. The molecule has 50 heavy (non-hydrogen) atoms. The molecule has 0 heterocycles. The number of carbonyl (C=O) groups is 2. The summed E-state index contributed by atoms with van der Waals surface area (Å²) in [5.41, 5.74) is 0. The standard InChI is InChI=1S/C39H75O10P/c1-3-5-7-9-11-13-15-17-19-21-23-25-27-29-31-39(43)49-37(35-48-50(44,45)47-33-36(41)32-40)34-46-38(42)30-28-26-24-22-20-18-16-14-12-10-8-6-4-2/h15,17,36-37,40-41H,3-14,16,18-35H2,1-2H3,(H,44,45)/b17-15-/t36-,37+/m0/s1. The smallest absolute Gasteiger partial charge is 0.462 e. The molecule has 11 heteroatoms. The van der Waals surface area contributed by atoms with Crippen LogP contribution < -0.4 is 0 Å². The molecule has 0 aromatic rings. The molecular formula is C39H75O10P. The van der Waals surface area contributed by atoms with Crippen molar-refractivity contribution in [3.8, 4) is 0 Å². The molecule has 0 saturated heterocycles. The third-order valence-corrected chi connectivity index (χ3v) is 9.62. The Hall–Kier alpha value is -1.29. The first kappa shape index (κ1) is 48.7. The van der Waals surface area contributed by atoms with Crippen molar-refractivity contribution in [3.63, 3.8) is 0 Å². The third kappa shape index (κ3) is 35.1. The second-order valence-corrected chi connectivity index (χ2v) is 15.1. The summed E-state index contributed by atoms with van der Waals surface area (Å²) in [6, 6.07) is 0. The highest BCUT2D eigenvalue weighted by molar-refractivity contribution is 7.47. The van der Waals surface area contributed by atoms with Gasteiger partial charge < -0.3 is 24.6 Å². The molecule has 0 spiro atoms. The normalized spacial score (nSPS) is 14.1. The fraction of sp³-hybridized carbons (Fsp3) is 0.897. The minimum absolute atomic E-state index is 0.178. The first-order valence-corrected chi connectivity index (χ1v) is 21.6. The molecule has 0 radical (unpaired) electrons. The number of hydrogen-bond donors (Lipinski definition) is 3. The largest absolute Gasteiger partial charge is 0.472 e. The van der Waals surface area contributed by atoms with E-state index in [-0.39, 0.29) is 19.4 Å². The number of unbranched alkanes of at least 4 members (excludes halogenated alkanes) is 22. The van der Waals surface area contributed by atoms with Crippen LogP contribution in [0.2, 0.25) is 0 Å². The fourth-order valence-electron chi connectivity index (χ4n) is 5.52. The maximum absolute atomic E-state index is 12.6. The van der Waals surface area contributed by atoms with E-state index in [0.29, 0.717) is 12.8 Å². The summed E-state index contributed by atoms with van der Waals surface area (Å²) >= 11 is 0. The van der Waals surface area contributed by atoms with Crippen molar-refractivity contribution in [2.24, 2.45) is 0 Å². The number of carbonyl (C=O) groups excluding carboxylic acids is 2. The van der Waals surface area contributed by atoms with Crippen molar-refractivity contribution in [1.82, 2.24) is 0 Å². The number of allylic oxidation sites excluding steroid dienone is 2. The Kier molecular flexibility index (Phi) is 35.2. The Labute approximate surface area is 305 Å². The highest BCUT2D eigenvalue weighted by Crippen LogP contribution is 2.43. The summed E-state index contributed by atoms with van der Waals surface area (Å²) in [5.74, 6) is -0.928. The number of phosphoric ester groups is 1. The molecule has 10 nitrogen and oxygen atoms in total. The Morgan fingerprint density at radius 2 is 0.980 bits per heavy atom. The van der Waals surface area contributed by atoms with Gasteiger partial charge in [0.05, 0.1) is 19.8 Å². The van der Waals surface area contributed by atoms with Crippen molar-refractivity contribution >= 4 is 19.8 Å². The van der Waals surface area contributed by atoms with Gasteiger partial charge in [-0.25, -0.2) is 4.57 Å². The number of rotatable bonds is 38. The molecule has 0 saturated carbocycles. The van der Waals surface area contributed by atoms with E-state index >= 15 is 0 Å². The third-order valence-electron chi connectivity index (χ3n) is 8.67. The second kappa shape index (κ2) is 36.1. The zero-order chi connectivity index (χ0) is 37.0. The molecular weight excluding hydrogens is 659 g/mol. The molecule has 3 N–H and O–H groups in total. The number of phosphoric acid groups is 1. The average Bonchev–Trinajstić information content (AvgIpc) is 3.10. The number of aliphatic hydroxyl groups is 2. The number of esters is 2. The summed E-state index contributed by atoms with van der Waals surface area (Å²) < 4.78 is 32.6. The van der Waals surface area contributed by atoms with Gasteiger partial charge in [-0.15, -0.1) is 0 Å². The van der Waals surface area contributed by atoms with Crippen LogP contribution in [0.25, 0.3) is 0 Å². The predicted molar refractivity (Wildman–Crippen MR) is 201 cm³/mol. The lowest BCUT2D eigenvalue weighted by Gasteiger charge is -2.20. The minimum atomic E-state index is -4.61. The Morgan fingerprint density at radius 3 is 1.44 bits per heavy atom. The molecule has 1 unspecified atom stereocenters. The SMILES string of the molecule is CCCCCCC/C=C\CCCCCCCC(=O)O[C@H](COC(=O)CCCCCCCCCCCCCCC)COP(=O)(O)OC[C@@H](O)CO. The Bertz CT molecular complexity index is 853. The molecule has 0 fully saturated rings. The van der Waals surface area contributed by atoms with Crippen LogP contribution in [0, 0.1) is 0 Å². The van der Waals surface area contributed by atoms with Crippen molar-refractivity contribution in [2.45, 2.75) is 199 Å². The van der Waals surface area contributed by atoms with E-state index < -0.39 is 51.8 Å². The van der Waals surface area contributed by atoms with Crippen LogP contribution in [0.4, 0.5) is 0 Å². The second-order valence-electron chi connectivity index (χ2n) is 13.7. The quantitative estimate of drug-likeness (QED) is 0.0242. The summed E-state index contributed by atoms with van der Waals surface area (Å²) in [5, 5.41) is 18.3. The molecule has 0 aromatic carbocycles. The van der Waals surface area contributed by atoms with Gasteiger partial charge in [-0.1, -0.05) is 148 Å². The van der Waals surface area contributed by atoms with Gasteiger partial charge in [0.2, 0.25) is 0 Å². The lowest BCUT2D eigenvalue weighted by molar-refractivity contribution is -0.161. The Balaban J connectivity index is 4.34. The molecule has 0 aliphatic carbocycles. The van der Waals surface area contributed by atoms with E-state index in [0.717, 1.165) is 57.8 Å². The summed E-state index contributed by atoms with van der Waals surface area (Å²) in [4.78, 5) is 34.8. The lowest BCUT2D eigenvalue weighted by atomic mass is 10.0. The minimum Gasteiger partial charge on any atom is -0.462 e. The van der Waals surface area contributed by atoms with Crippen LogP contribution in [-0.2, 0) is 32.7 Å². The maximum Gasteiger partial charge on any atom is 0.472 e. The predicted octanol–water partition coefficient (Wildman–Crippen LogP) is 10.1. The number of ether oxygens (including phenoxy) is 2. The molecule has 0 rings (SSSR count). The van der Waals surface area contributed by atoms with Gasteiger partial charge in [-0.05, 0) is 38.5 Å². The molecule has 0 aromatic heterocycles. The molecule has 0 bridgehead atoms. The molecule has 3 atom stereocenters. The van der Waals surface area contributed by atoms with E-state index in [1.54, 1.807) is 0 Å². The zero-order valence-electron chi connectivity index (χ0n) is 31.9. The van der Waals surface area contributed by atoms with Gasteiger partial charge in [0, 0.05) is 12.8 Å². The van der Waals surface area contributed by atoms with Crippen molar-refractivity contribution in [2.75, 3.05) is 26.4 Å². The first-order valence-electron chi connectivity index (χ1n) is 20.1. The van der Waals surface area contributed by atoms with Crippen molar-refractivity contribution in [1.29, 1.82) is 0 Å². The monoisotopic (exact) mass is 735 g/mol. The van der Waals surface area contributed by atoms with Crippen LogP contribution in [-0.4, -0.2) is 65.7 Å². The fourth-order valence-corrected chi connectivity index (χ4v) is 6.31.